The molecule has 2 N–H and O–H groups in total. The number of esters is 1. The molecule has 5 nitrogen and oxygen atoms in total. The minimum absolute atomic E-state index is 0.0647. The number of carbonyl (C=O) groups is 1. The molecule has 0 atom stereocenters. The lowest BCUT2D eigenvalue weighted by Crippen LogP contribution is -2.14. The van der Waals surface area contributed by atoms with Crippen molar-refractivity contribution in [2.24, 2.45) is 5.14 Å². The van der Waals surface area contributed by atoms with E-state index in [1.54, 1.807) is 0 Å². The highest BCUT2D eigenvalue weighted by atomic mass is 35.5. The van der Waals surface area contributed by atoms with E-state index in [4.69, 9.17) is 33.1 Å². The molecule has 0 saturated heterocycles. The zero-order valence-corrected chi connectivity index (χ0v) is 11.8. The number of sulfonamides is 1. The zero-order chi connectivity index (χ0) is 13.9. The fourth-order valence-electron chi connectivity index (χ4n) is 1.15. The van der Waals surface area contributed by atoms with Gasteiger partial charge < -0.3 is 4.74 Å². The van der Waals surface area contributed by atoms with Crippen LogP contribution in [0.4, 0.5) is 0 Å². The summed E-state index contributed by atoms with van der Waals surface area (Å²) in [5.74, 6) is -0.741. The standard InChI is InChI=1S/C10H11Cl2NO4S/c1-2-3-17-10(14)7-4-6(18(13,15)16)5-8(11)9(7)12/h4-5H,2-3H2,1H3,(H2,13,15,16). The van der Waals surface area contributed by atoms with E-state index in [-0.39, 0.29) is 27.1 Å². The number of nitrogens with two attached hydrogens (primary N) is 1. The molecule has 1 aromatic carbocycles. The largest absolute Gasteiger partial charge is 0.462 e. The van der Waals surface area contributed by atoms with Crippen LogP contribution in [0.3, 0.4) is 0 Å². The van der Waals surface area contributed by atoms with Gasteiger partial charge in [-0.25, -0.2) is 18.4 Å². The van der Waals surface area contributed by atoms with Crippen LogP contribution in [0.25, 0.3) is 0 Å². The topological polar surface area (TPSA) is 86.5 Å². The molecule has 1 rings (SSSR count). The molecule has 0 aliphatic rings. The van der Waals surface area contributed by atoms with E-state index >= 15 is 0 Å². The second kappa shape index (κ2) is 5.88. The second-order valence-corrected chi connectivity index (χ2v) is 5.79. The van der Waals surface area contributed by atoms with Crippen LogP contribution in [0.5, 0.6) is 0 Å². The summed E-state index contributed by atoms with van der Waals surface area (Å²) in [4.78, 5) is 11.4. The van der Waals surface area contributed by atoms with Crippen LogP contribution in [0.1, 0.15) is 23.7 Å². The van der Waals surface area contributed by atoms with Crippen LogP contribution < -0.4 is 5.14 Å². The molecule has 0 fully saturated rings. The Kier molecular flexibility index (Phi) is 4.98. The Balaban J connectivity index is 3.27. The number of benzene rings is 1. The molecule has 100 valence electrons. The van der Waals surface area contributed by atoms with Gasteiger partial charge in [-0.05, 0) is 18.6 Å². The first-order chi connectivity index (χ1) is 8.27. The summed E-state index contributed by atoms with van der Waals surface area (Å²) in [6, 6.07) is 2.12. The summed E-state index contributed by atoms with van der Waals surface area (Å²) in [5.41, 5.74) is -0.123. The van der Waals surface area contributed by atoms with Gasteiger partial charge in [0.25, 0.3) is 0 Å². The molecule has 0 spiro atoms. The Morgan fingerprint density at radius 2 is 2.00 bits per heavy atom. The number of carbonyl (C=O) groups excluding carboxylic acids is 1. The Morgan fingerprint density at radius 1 is 1.39 bits per heavy atom. The lowest BCUT2D eigenvalue weighted by molar-refractivity contribution is 0.0505. The molecule has 0 aliphatic heterocycles. The van der Waals surface area contributed by atoms with Crippen LogP contribution in [0.15, 0.2) is 17.0 Å². The zero-order valence-electron chi connectivity index (χ0n) is 9.44. The average molecular weight is 312 g/mol. The van der Waals surface area contributed by atoms with Crippen molar-refractivity contribution in [1.82, 2.24) is 0 Å². The molecule has 8 heteroatoms. The second-order valence-electron chi connectivity index (χ2n) is 3.45. The molecule has 18 heavy (non-hydrogen) atoms. The molecular weight excluding hydrogens is 301 g/mol. The summed E-state index contributed by atoms with van der Waals surface area (Å²) in [6.07, 6.45) is 0.631. The average Bonchev–Trinajstić information content (AvgIpc) is 2.27. The number of primary sulfonamides is 1. The highest BCUT2D eigenvalue weighted by molar-refractivity contribution is 7.89. The molecule has 0 amide bonds. The van der Waals surface area contributed by atoms with Crippen LogP contribution >= 0.6 is 23.2 Å². The Hall–Kier alpha value is -0.820. The third-order valence-corrected chi connectivity index (χ3v) is 3.68. The molecule has 0 aliphatic carbocycles. The SMILES string of the molecule is CCCOC(=O)c1cc(S(N)(=O)=O)cc(Cl)c1Cl. The van der Waals surface area contributed by atoms with Gasteiger partial charge in [-0.15, -0.1) is 0 Å². The number of halogens is 2. The molecule has 0 aromatic heterocycles. The van der Waals surface area contributed by atoms with Crippen molar-refractivity contribution in [1.29, 1.82) is 0 Å². The summed E-state index contributed by atoms with van der Waals surface area (Å²) in [6.45, 7) is 2.02. The molecule has 0 saturated carbocycles. The van der Waals surface area contributed by atoms with E-state index in [0.29, 0.717) is 6.42 Å². The summed E-state index contributed by atoms with van der Waals surface area (Å²) in [7, 11) is -3.97. The Bertz CT molecular complexity index is 571. The van der Waals surface area contributed by atoms with E-state index < -0.39 is 16.0 Å². The lowest BCUT2D eigenvalue weighted by atomic mass is 10.2. The van der Waals surface area contributed by atoms with Crippen molar-refractivity contribution in [3.05, 3.63) is 27.7 Å². The third kappa shape index (κ3) is 3.58. The lowest BCUT2D eigenvalue weighted by Gasteiger charge is -2.08. The minimum atomic E-state index is -3.97. The van der Waals surface area contributed by atoms with Crippen molar-refractivity contribution < 1.29 is 17.9 Å². The summed E-state index contributed by atoms with van der Waals surface area (Å²) in [5, 5.41) is 4.82. The van der Waals surface area contributed by atoms with Crippen molar-refractivity contribution in [3.8, 4) is 0 Å². The van der Waals surface area contributed by atoms with E-state index in [0.717, 1.165) is 12.1 Å². The van der Waals surface area contributed by atoms with Crippen molar-refractivity contribution >= 4 is 39.2 Å². The van der Waals surface area contributed by atoms with Gasteiger partial charge in [0.1, 0.15) is 0 Å². The Labute approximate surface area is 115 Å². The van der Waals surface area contributed by atoms with Gasteiger partial charge in [0.05, 0.1) is 27.1 Å². The minimum Gasteiger partial charge on any atom is -0.462 e. The van der Waals surface area contributed by atoms with Crippen LogP contribution in [-0.4, -0.2) is 21.0 Å². The maximum atomic E-state index is 11.7. The highest BCUT2D eigenvalue weighted by Crippen LogP contribution is 2.29. The van der Waals surface area contributed by atoms with E-state index in [1.165, 1.54) is 0 Å². The molecule has 0 bridgehead atoms. The first kappa shape index (κ1) is 15.2. The molecule has 0 radical (unpaired) electrons. The maximum Gasteiger partial charge on any atom is 0.339 e. The number of hydrogen-bond acceptors (Lipinski definition) is 4. The molecule has 1 aromatic rings. The van der Waals surface area contributed by atoms with Gasteiger partial charge in [0, 0.05) is 0 Å². The fourth-order valence-corrected chi connectivity index (χ4v) is 2.18. The number of hydrogen-bond donors (Lipinski definition) is 1. The normalized spacial score (nSPS) is 11.3. The van der Waals surface area contributed by atoms with E-state index in [2.05, 4.69) is 0 Å². The Morgan fingerprint density at radius 3 is 2.50 bits per heavy atom. The van der Waals surface area contributed by atoms with Crippen molar-refractivity contribution in [3.63, 3.8) is 0 Å². The highest BCUT2D eigenvalue weighted by Gasteiger charge is 2.19. The van der Waals surface area contributed by atoms with E-state index in [1.807, 2.05) is 6.92 Å². The van der Waals surface area contributed by atoms with Crippen LogP contribution in [0, 0.1) is 0 Å². The van der Waals surface area contributed by atoms with Crippen LogP contribution in [-0.2, 0) is 14.8 Å². The van der Waals surface area contributed by atoms with Crippen molar-refractivity contribution in [2.45, 2.75) is 18.2 Å². The molecular formula is C10H11Cl2NO4S. The predicted octanol–water partition coefficient (Wildman–Crippen LogP) is 2.21. The van der Waals surface area contributed by atoms with Gasteiger partial charge in [-0.2, -0.15) is 0 Å². The van der Waals surface area contributed by atoms with Gasteiger partial charge >= 0.3 is 5.97 Å². The van der Waals surface area contributed by atoms with Gasteiger partial charge in [-0.1, -0.05) is 30.1 Å². The monoisotopic (exact) mass is 311 g/mol. The summed E-state index contributed by atoms with van der Waals surface area (Å²) < 4.78 is 27.3. The maximum absolute atomic E-state index is 11.7. The van der Waals surface area contributed by atoms with Gasteiger partial charge in [-0.3, -0.25) is 0 Å². The first-order valence-electron chi connectivity index (χ1n) is 4.96. The van der Waals surface area contributed by atoms with Gasteiger partial charge in [0.2, 0.25) is 10.0 Å². The summed E-state index contributed by atoms with van der Waals surface area (Å²) >= 11 is 11.6. The number of rotatable bonds is 4. The predicted molar refractivity (Wildman–Crippen MR) is 68.4 cm³/mol. The van der Waals surface area contributed by atoms with Crippen LogP contribution in [0.2, 0.25) is 10.0 Å². The fraction of sp³-hybridized carbons (Fsp3) is 0.300. The van der Waals surface area contributed by atoms with Crippen molar-refractivity contribution in [2.75, 3.05) is 6.61 Å². The smallest absolute Gasteiger partial charge is 0.339 e. The first-order valence-corrected chi connectivity index (χ1v) is 7.26. The number of ether oxygens (including phenoxy) is 1. The quantitative estimate of drug-likeness (QED) is 0.864. The van der Waals surface area contributed by atoms with Gasteiger partial charge in [0.15, 0.2) is 0 Å². The molecule has 0 heterocycles. The molecule has 0 unspecified atom stereocenters. The van der Waals surface area contributed by atoms with E-state index in [9.17, 15) is 13.2 Å². The third-order valence-electron chi connectivity index (χ3n) is 1.99.